The molecule has 0 bridgehead atoms. The van der Waals surface area contributed by atoms with Gasteiger partial charge in [0.05, 0.1) is 11.4 Å². The third-order valence-electron chi connectivity index (χ3n) is 1.77. The van der Waals surface area contributed by atoms with E-state index < -0.39 is 11.6 Å². The molecule has 3 N–H and O–H groups in total. The Morgan fingerprint density at radius 1 is 1.38 bits per heavy atom. The topological polar surface area (TPSA) is 38.0 Å². The normalized spacial score (nSPS) is 10.2. The molecule has 0 saturated carbocycles. The van der Waals surface area contributed by atoms with E-state index in [-0.39, 0.29) is 16.9 Å². The second-order valence-electron chi connectivity index (χ2n) is 2.82. The van der Waals surface area contributed by atoms with Crippen molar-refractivity contribution in [1.29, 1.82) is 0 Å². The maximum Gasteiger partial charge on any atom is 0.184 e. The summed E-state index contributed by atoms with van der Waals surface area (Å²) in [6, 6.07) is 1.41. The first-order valence-electron chi connectivity index (χ1n) is 4.05. The van der Waals surface area contributed by atoms with E-state index in [1.165, 1.54) is 13.0 Å². The van der Waals surface area contributed by atoms with Crippen molar-refractivity contribution >= 4 is 11.4 Å². The lowest BCUT2D eigenvalue weighted by Crippen LogP contribution is -2.06. The zero-order valence-corrected chi connectivity index (χ0v) is 7.62. The number of nitrogen functional groups attached to an aromatic ring is 1. The van der Waals surface area contributed by atoms with Crippen LogP contribution in [0.5, 0.6) is 0 Å². The molecule has 0 aliphatic carbocycles. The number of nitrogens with two attached hydrogens (primary N) is 1. The van der Waals surface area contributed by atoms with E-state index in [1.54, 1.807) is 6.92 Å². The number of halogens is 2. The molecule has 1 aromatic rings. The van der Waals surface area contributed by atoms with Crippen LogP contribution >= 0.6 is 0 Å². The highest BCUT2D eigenvalue weighted by atomic mass is 19.2. The van der Waals surface area contributed by atoms with Gasteiger partial charge in [0.2, 0.25) is 0 Å². The average molecular weight is 186 g/mol. The Balaban J connectivity index is 3.26. The van der Waals surface area contributed by atoms with Gasteiger partial charge in [-0.1, -0.05) is 0 Å². The van der Waals surface area contributed by atoms with Gasteiger partial charge in [0.25, 0.3) is 0 Å². The van der Waals surface area contributed by atoms with Gasteiger partial charge in [-0.15, -0.1) is 0 Å². The predicted molar refractivity (Wildman–Crippen MR) is 49.7 cm³/mol. The quantitative estimate of drug-likeness (QED) is 0.695. The molecule has 1 rings (SSSR count). The molecule has 0 fully saturated rings. The molecule has 0 aliphatic rings. The zero-order valence-electron chi connectivity index (χ0n) is 7.62. The monoisotopic (exact) mass is 186 g/mol. The molecule has 72 valence electrons. The molecule has 0 atom stereocenters. The van der Waals surface area contributed by atoms with Crippen LogP contribution in [0.1, 0.15) is 12.5 Å². The van der Waals surface area contributed by atoms with Crippen molar-refractivity contribution in [1.82, 2.24) is 0 Å². The Bertz CT molecular complexity index is 324. The second-order valence-corrected chi connectivity index (χ2v) is 2.82. The van der Waals surface area contributed by atoms with Crippen LogP contribution in [0.25, 0.3) is 0 Å². The molecule has 0 saturated heterocycles. The number of nitrogens with one attached hydrogen (secondary N) is 1. The average Bonchev–Trinajstić information content (AvgIpc) is 2.09. The Morgan fingerprint density at radius 2 is 2.00 bits per heavy atom. The van der Waals surface area contributed by atoms with Crippen molar-refractivity contribution in [3.8, 4) is 0 Å². The Hall–Kier alpha value is -1.32. The molecule has 0 heterocycles. The zero-order chi connectivity index (χ0) is 10.0. The van der Waals surface area contributed by atoms with Crippen LogP contribution in [0.15, 0.2) is 6.07 Å². The fraction of sp³-hybridized carbons (Fsp3) is 0.333. The van der Waals surface area contributed by atoms with Crippen molar-refractivity contribution in [2.45, 2.75) is 13.8 Å². The minimum Gasteiger partial charge on any atom is -0.397 e. The van der Waals surface area contributed by atoms with Gasteiger partial charge in [-0.3, -0.25) is 0 Å². The second kappa shape index (κ2) is 3.60. The highest BCUT2D eigenvalue weighted by Crippen LogP contribution is 2.26. The number of anilines is 2. The summed E-state index contributed by atoms with van der Waals surface area (Å²) in [5, 5.41) is 2.67. The first kappa shape index (κ1) is 9.77. The molecule has 0 aliphatic heterocycles. The van der Waals surface area contributed by atoms with Crippen molar-refractivity contribution in [2.24, 2.45) is 0 Å². The smallest absolute Gasteiger partial charge is 0.184 e. The van der Waals surface area contributed by atoms with E-state index in [2.05, 4.69) is 5.32 Å². The van der Waals surface area contributed by atoms with E-state index in [0.29, 0.717) is 6.54 Å². The lowest BCUT2D eigenvalue weighted by atomic mass is 10.1. The molecule has 0 unspecified atom stereocenters. The van der Waals surface area contributed by atoms with Crippen LogP contribution in [0, 0.1) is 18.6 Å². The van der Waals surface area contributed by atoms with Crippen LogP contribution in [0.4, 0.5) is 20.2 Å². The van der Waals surface area contributed by atoms with Crippen LogP contribution in [0.3, 0.4) is 0 Å². The largest absolute Gasteiger partial charge is 0.397 e. The van der Waals surface area contributed by atoms with E-state index in [0.717, 1.165) is 0 Å². The summed E-state index contributed by atoms with van der Waals surface area (Å²) in [5.74, 6) is -1.75. The highest BCUT2D eigenvalue weighted by molar-refractivity contribution is 5.68. The number of hydrogen-bond donors (Lipinski definition) is 2. The first-order valence-corrected chi connectivity index (χ1v) is 4.05. The molecule has 0 radical (unpaired) electrons. The van der Waals surface area contributed by atoms with Gasteiger partial charge in [-0.2, -0.15) is 0 Å². The van der Waals surface area contributed by atoms with Crippen LogP contribution < -0.4 is 11.1 Å². The van der Waals surface area contributed by atoms with Crippen molar-refractivity contribution in [2.75, 3.05) is 17.6 Å². The van der Waals surface area contributed by atoms with Crippen LogP contribution in [-0.4, -0.2) is 6.54 Å². The van der Waals surface area contributed by atoms with Crippen LogP contribution in [-0.2, 0) is 0 Å². The van der Waals surface area contributed by atoms with Gasteiger partial charge in [0, 0.05) is 6.54 Å². The van der Waals surface area contributed by atoms with Crippen LogP contribution in [0.2, 0.25) is 0 Å². The molecular formula is C9H12F2N2. The SMILES string of the molecule is CCNc1c(N)cc(C)c(F)c1F. The Labute approximate surface area is 75.7 Å². The third-order valence-corrected chi connectivity index (χ3v) is 1.77. The van der Waals surface area contributed by atoms with E-state index >= 15 is 0 Å². The Morgan fingerprint density at radius 3 is 2.54 bits per heavy atom. The predicted octanol–water partition coefficient (Wildman–Crippen LogP) is 2.29. The van der Waals surface area contributed by atoms with Gasteiger partial charge in [-0.25, -0.2) is 8.78 Å². The fourth-order valence-electron chi connectivity index (χ4n) is 1.13. The molecular weight excluding hydrogens is 174 g/mol. The molecule has 0 amide bonds. The maximum atomic E-state index is 13.2. The molecule has 0 spiro atoms. The number of hydrogen-bond acceptors (Lipinski definition) is 2. The summed E-state index contributed by atoms with van der Waals surface area (Å²) in [6.07, 6.45) is 0. The number of aryl methyl sites for hydroxylation is 1. The molecule has 0 aromatic heterocycles. The first-order chi connectivity index (χ1) is 6.07. The van der Waals surface area contributed by atoms with Gasteiger partial charge in [0.1, 0.15) is 0 Å². The van der Waals surface area contributed by atoms with Crippen molar-refractivity contribution < 1.29 is 8.78 Å². The summed E-state index contributed by atoms with van der Waals surface area (Å²) in [4.78, 5) is 0. The standard InChI is InChI=1S/C9H12F2N2/c1-3-13-9-6(12)4-5(2)7(10)8(9)11/h4,13H,3,12H2,1-2H3. The molecule has 4 heteroatoms. The number of benzene rings is 1. The van der Waals surface area contributed by atoms with Crippen molar-refractivity contribution in [3.63, 3.8) is 0 Å². The summed E-state index contributed by atoms with van der Waals surface area (Å²) in [7, 11) is 0. The molecule has 1 aromatic carbocycles. The lowest BCUT2D eigenvalue weighted by Gasteiger charge is -2.10. The lowest BCUT2D eigenvalue weighted by molar-refractivity contribution is 0.506. The van der Waals surface area contributed by atoms with Gasteiger partial charge < -0.3 is 11.1 Å². The van der Waals surface area contributed by atoms with E-state index in [4.69, 9.17) is 5.73 Å². The van der Waals surface area contributed by atoms with E-state index in [1.807, 2.05) is 0 Å². The molecule has 2 nitrogen and oxygen atoms in total. The number of rotatable bonds is 2. The fourth-order valence-corrected chi connectivity index (χ4v) is 1.13. The van der Waals surface area contributed by atoms with Gasteiger partial charge >= 0.3 is 0 Å². The minimum absolute atomic E-state index is 0.0469. The summed E-state index contributed by atoms with van der Waals surface area (Å²) >= 11 is 0. The summed E-state index contributed by atoms with van der Waals surface area (Å²) in [6.45, 7) is 3.77. The Kier molecular flexibility index (Phi) is 2.70. The summed E-state index contributed by atoms with van der Waals surface area (Å²) < 4.78 is 26.2. The minimum atomic E-state index is -0.903. The molecule has 13 heavy (non-hydrogen) atoms. The third kappa shape index (κ3) is 1.71. The van der Waals surface area contributed by atoms with Gasteiger partial charge in [0.15, 0.2) is 11.6 Å². The van der Waals surface area contributed by atoms with E-state index in [9.17, 15) is 8.78 Å². The van der Waals surface area contributed by atoms with Gasteiger partial charge in [-0.05, 0) is 25.5 Å². The highest BCUT2D eigenvalue weighted by Gasteiger charge is 2.13. The summed E-state index contributed by atoms with van der Waals surface area (Å²) in [5.41, 5.74) is 6.01. The van der Waals surface area contributed by atoms with Crippen molar-refractivity contribution in [3.05, 3.63) is 23.3 Å². The maximum absolute atomic E-state index is 13.2.